The summed E-state index contributed by atoms with van der Waals surface area (Å²) in [5.41, 5.74) is -0.433. The summed E-state index contributed by atoms with van der Waals surface area (Å²) in [7, 11) is 0. The zero-order valence-corrected chi connectivity index (χ0v) is 12.6. The normalized spacial score (nSPS) is 15.5. The van der Waals surface area contributed by atoms with E-state index in [4.69, 9.17) is 5.11 Å². The molecule has 6 nitrogen and oxygen atoms in total. The second-order valence-corrected chi connectivity index (χ2v) is 6.78. The van der Waals surface area contributed by atoms with Gasteiger partial charge in [0.05, 0.1) is 6.10 Å². The minimum atomic E-state index is -1.31. The molecule has 0 saturated heterocycles. The third kappa shape index (κ3) is 7.66. The molecular formula is C13H26N2O4. The van der Waals surface area contributed by atoms with Gasteiger partial charge in [-0.2, -0.15) is 0 Å². The first kappa shape index (κ1) is 17.7. The first-order valence-electron chi connectivity index (χ1n) is 6.34. The van der Waals surface area contributed by atoms with Gasteiger partial charge < -0.3 is 20.8 Å². The summed E-state index contributed by atoms with van der Waals surface area (Å²) in [5.74, 6) is -1.27. The molecule has 2 amide bonds. The van der Waals surface area contributed by atoms with Crippen LogP contribution >= 0.6 is 0 Å². The van der Waals surface area contributed by atoms with Crippen LogP contribution in [0.3, 0.4) is 0 Å². The molecule has 0 aliphatic rings. The second-order valence-electron chi connectivity index (χ2n) is 6.78. The molecule has 19 heavy (non-hydrogen) atoms. The largest absolute Gasteiger partial charge is 0.480 e. The van der Waals surface area contributed by atoms with Crippen molar-refractivity contribution in [3.63, 3.8) is 0 Å². The SMILES string of the molecule is C[C@@H](O)[C@H](NC(=O)NC(C)(C)CC(C)(C)C)C(=O)O. The molecular weight excluding hydrogens is 248 g/mol. The van der Waals surface area contributed by atoms with E-state index >= 15 is 0 Å². The Morgan fingerprint density at radius 2 is 1.63 bits per heavy atom. The topological polar surface area (TPSA) is 98.7 Å². The van der Waals surface area contributed by atoms with Gasteiger partial charge in [0, 0.05) is 5.54 Å². The third-order valence-corrected chi connectivity index (χ3v) is 2.46. The number of aliphatic hydroxyl groups is 1. The smallest absolute Gasteiger partial charge is 0.328 e. The quantitative estimate of drug-likeness (QED) is 0.608. The first-order valence-corrected chi connectivity index (χ1v) is 6.34. The number of carboxylic acids is 1. The fraction of sp³-hybridized carbons (Fsp3) is 0.846. The van der Waals surface area contributed by atoms with Crippen molar-refractivity contribution in [1.82, 2.24) is 10.6 Å². The number of carboxylic acid groups (broad SMARTS) is 1. The van der Waals surface area contributed by atoms with E-state index in [2.05, 4.69) is 31.4 Å². The summed E-state index contributed by atoms with van der Waals surface area (Å²) in [6, 6.07) is -1.91. The molecule has 0 saturated carbocycles. The van der Waals surface area contributed by atoms with E-state index < -0.39 is 29.7 Å². The summed E-state index contributed by atoms with van der Waals surface area (Å²) >= 11 is 0. The number of hydrogen-bond donors (Lipinski definition) is 4. The van der Waals surface area contributed by atoms with E-state index in [-0.39, 0.29) is 5.41 Å². The van der Waals surface area contributed by atoms with Gasteiger partial charge in [0.25, 0.3) is 0 Å². The lowest BCUT2D eigenvalue weighted by molar-refractivity contribution is -0.141. The first-order chi connectivity index (χ1) is 8.34. The Balaban J connectivity index is 4.57. The number of carbonyl (C=O) groups is 2. The standard InChI is InChI=1S/C13H26N2O4/c1-8(16)9(10(17)18)14-11(19)15-13(5,6)7-12(2,3)4/h8-9,16H,7H2,1-6H3,(H,17,18)(H2,14,15,19)/t8-,9+/m1/s1. The lowest BCUT2D eigenvalue weighted by Gasteiger charge is -2.33. The average Bonchev–Trinajstić information content (AvgIpc) is 2.07. The van der Waals surface area contributed by atoms with Crippen molar-refractivity contribution in [2.45, 2.75) is 65.6 Å². The van der Waals surface area contributed by atoms with Crippen molar-refractivity contribution in [3.8, 4) is 0 Å². The Bertz CT molecular complexity index is 332. The summed E-state index contributed by atoms with van der Waals surface area (Å²) in [6.45, 7) is 11.2. The van der Waals surface area contributed by atoms with E-state index in [1.54, 1.807) is 0 Å². The number of urea groups is 1. The van der Waals surface area contributed by atoms with E-state index in [1.807, 2.05) is 13.8 Å². The Morgan fingerprint density at radius 1 is 1.16 bits per heavy atom. The minimum Gasteiger partial charge on any atom is -0.480 e. The zero-order valence-electron chi connectivity index (χ0n) is 12.6. The highest BCUT2D eigenvalue weighted by molar-refractivity contribution is 5.83. The fourth-order valence-electron chi connectivity index (χ4n) is 2.24. The summed E-state index contributed by atoms with van der Waals surface area (Å²) in [5, 5.41) is 23.2. The molecule has 0 radical (unpaired) electrons. The van der Waals surface area contributed by atoms with Gasteiger partial charge in [-0.25, -0.2) is 9.59 Å². The van der Waals surface area contributed by atoms with Crippen LogP contribution in [0.15, 0.2) is 0 Å². The molecule has 0 aliphatic heterocycles. The molecule has 6 heteroatoms. The van der Waals surface area contributed by atoms with Gasteiger partial charge in [0.1, 0.15) is 0 Å². The second kappa shape index (κ2) is 6.23. The number of aliphatic carboxylic acids is 1. The Hall–Kier alpha value is -1.30. The van der Waals surface area contributed by atoms with E-state index in [0.29, 0.717) is 0 Å². The van der Waals surface area contributed by atoms with Crippen molar-refractivity contribution < 1.29 is 19.8 Å². The molecule has 0 unspecified atom stereocenters. The van der Waals surface area contributed by atoms with Crippen molar-refractivity contribution in [3.05, 3.63) is 0 Å². The van der Waals surface area contributed by atoms with Gasteiger partial charge in [-0.3, -0.25) is 0 Å². The summed E-state index contributed by atoms with van der Waals surface area (Å²) < 4.78 is 0. The van der Waals surface area contributed by atoms with Gasteiger partial charge in [-0.05, 0) is 32.6 Å². The lowest BCUT2D eigenvalue weighted by atomic mass is 9.82. The molecule has 0 aromatic rings. The van der Waals surface area contributed by atoms with Crippen LogP contribution in [0.4, 0.5) is 4.79 Å². The Morgan fingerprint density at radius 3 is 1.95 bits per heavy atom. The van der Waals surface area contributed by atoms with Crippen molar-refractivity contribution >= 4 is 12.0 Å². The summed E-state index contributed by atoms with van der Waals surface area (Å²) in [6.07, 6.45) is -0.422. The van der Waals surface area contributed by atoms with Gasteiger partial charge in [0.2, 0.25) is 0 Å². The minimum absolute atomic E-state index is 0.0350. The van der Waals surface area contributed by atoms with Crippen LogP contribution in [0.5, 0.6) is 0 Å². The highest BCUT2D eigenvalue weighted by atomic mass is 16.4. The number of nitrogens with one attached hydrogen (secondary N) is 2. The van der Waals surface area contributed by atoms with E-state index in [9.17, 15) is 14.7 Å². The summed E-state index contributed by atoms with van der Waals surface area (Å²) in [4.78, 5) is 22.6. The highest BCUT2D eigenvalue weighted by Crippen LogP contribution is 2.26. The molecule has 2 atom stereocenters. The Labute approximate surface area is 114 Å². The molecule has 112 valence electrons. The number of hydrogen-bond acceptors (Lipinski definition) is 3. The van der Waals surface area contributed by atoms with Gasteiger partial charge >= 0.3 is 12.0 Å². The van der Waals surface area contributed by atoms with E-state index in [1.165, 1.54) is 6.92 Å². The predicted octanol–water partition coefficient (Wildman–Crippen LogP) is 1.33. The van der Waals surface area contributed by atoms with Crippen molar-refractivity contribution in [2.24, 2.45) is 5.41 Å². The number of carbonyl (C=O) groups excluding carboxylic acids is 1. The van der Waals surface area contributed by atoms with Crippen LogP contribution in [-0.4, -0.2) is 39.9 Å². The number of rotatable bonds is 5. The van der Waals surface area contributed by atoms with Gasteiger partial charge in [0.15, 0.2) is 6.04 Å². The van der Waals surface area contributed by atoms with Crippen LogP contribution in [0, 0.1) is 5.41 Å². The zero-order chi connectivity index (χ0) is 15.4. The van der Waals surface area contributed by atoms with Crippen LogP contribution in [0.2, 0.25) is 0 Å². The maximum Gasteiger partial charge on any atom is 0.328 e. The van der Waals surface area contributed by atoms with Gasteiger partial charge in [-0.1, -0.05) is 20.8 Å². The van der Waals surface area contributed by atoms with Crippen LogP contribution in [0.25, 0.3) is 0 Å². The predicted molar refractivity (Wildman–Crippen MR) is 72.9 cm³/mol. The molecule has 0 aromatic carbocycles. The molecule has 0 rings (SSSR count). The van der Waals surface area contributed by atoms with Crippen molar-refractivity contribution in [1.29, 1.82) is 0 Å². The van der Waals surface area contributed by atoms with E-state index in [0.717, 1.165) is 6.42 Å². The molecule has 0 spiro atoms. The number of amides is 2. The maximum absolute atomic E-state index is 11.8. The number of aliphatic hydroxyl groups excluding tert-OH is 1. The van der Waals surface area contributed by atoms with Gasteiger partial charge in [-0.15, -0.1) is 0 Å². The molecule has 0 aliphatic carbocycles. The molecule has 0 fully saturated rings. The third-order valence-electron chi connectivity index (χ3n) is 2.46. The lowest BCUT2D eigenvalue weighted by Crippen LogP contribution is -2.56. The molecule has 0 heterocycles. The fourth-order valence-corrected chi connectivity index (χ4v) is 2.24. The molecule has 4 N–H and O–H groups in total. The Kier molecular flexibility index (Phi) is 5.81. The van der Waals surface area contributed by atoms with Crippen LogP contribution in [0.1, 0.15) is 48.0 Å². The van der Waals surface area contributed by atoms with Crippen molar-refractivity contribution in [2.75, 3.05) is 0 Å². The maximum atomic E-state index is 11.8. The van der Waals surface area contributed by atoms with Crippen LogP contribution in [-0.2, 0) is 4.79 Å². The molecule has 0 aromatic heterocycles. The monoisotopic (exact) mass is 274 g/mol. The average molecular weight is 274 g/mol. The highest BCUT2D eigenvalue weighted by Gasteiger charge is 2.30. The molecule has 0 bridgehead atoms. The van der Waals surface area contributed by atoms with Crippen LogP contribution < -0.4 is 10.6 Å².